The quantitative estimate of drug-likeness (QED) is 0.708. The number of fused-ring (bicyclic) bond motifs is 3. The molecule has 0 radical (unpaired) electrons. The largest absolute Gasteiger partial charge is 0.388 e. The maximum Gasteiger partial charge on any atom is 0.152 e. The highest BCUT2D eigenvalue weighted by atomic mass is 32.2. The summed E-state index contributed by atoms with van der Waals surface area (Å²) in [7, 11) is -3.05. The van der Waals surface area contributed by atoms with Gasteiger partial charge < -0.3 is 15.4 Å². The van der Waals surface area contributed by atoms with Crippen molar-refractivity contribution < 1.29 is 13.5 Å². The van der Waals surface area contributed by atoms with Gasteiger partial charge in [-0.1, -0.05) is 25.1 Å². The third-order valence-electron chi connectivity index (χ3n) is 5.37. The number of pyridine rings is 1. The van der Waals surface area contributed by atoms with Crippen molar-refractivity contribution in [1.29, 1.82) is 0 Å². The molecule has 3 N–H and O–H groups in total. The molecule has 1 aliphatic rings. The van der Waals surface area contributed by atoms with E-state index in [1.165, 1.54) is 0 Å². The molecule has 3 heterocycles. The molecule has 3 aromatic rings. The van der Waals surface area contributed by atoms with Gasteiger partial charge in [-0.15, -0.1) is 0 Å². The van der Waals surface area contributed by atoms with Crippen LogP contribution in [-0.4, -0.2) is 45.2 Å². The van der Waals surface area contributed by atoms with Crippen LogP contribution in [0.1, 0.15) is 32.0 Å². The Bertz CT molecular complexity index is 1110. The van der Waals surface area contributed by atoms with Gasteiger partial charge in [-0.3, -0.25) is 0 Å². The minimum Gasteiger partial charge on any atom is -0.388 e. The van der Waals surface area contributed by atoms with Crippen LogP contribution in [-0.2, 0) is 22.8 Å². The molecule has 1 aliphatic heterocycles. The number of aryl methyl sites for hydroxylation is 1. The van der Waals surface area contributed by atoms with Gasteiger partial charge in [0.25, 0.3) is 0 Å². The Hall–Kier alpha value is -2.19. The summed E-state index contributed by atoms with van der Waals surface area (Å²) in [5.41, 5.74) is 7.39. The molecule has 0 bridgehead atoms. The summed E-state index contributed by atoms with van der Waals surface area (Å²) in [5.74, 6) is 1.25. The van der Waals surface area contributed by atoms with Crippen molar-refractivity contribution in [3.8, 4) is 0 Å². The second-order valence-corrected chi connectivity index (χ2v) is 9.76. The number of hydrogen-bond donors (Lipinski definition) is 2. The molecule has 1 fully saturated rings. The minimum atomic E-state index is -3.05. The maximum atomic E-state index is 11.8. The Morgan fingerprint density at radius 3 is 2.63 bits per heavy atom. The molecular formula is C19H24N4O3S. The zero-order valence-corrected chi connectivity index (χ0v) is 16.2. The molecule has 1 saturated heterocycles. The van der Waals surface area contributed by atoms with Crippen LogP contribution in [0.4, 0.5) is 5.82 Å². The summed E-state index contributed by atoms with van der Waals surface area (Å²) in [4.78, 5) is 9.19. The summed E-state index contributed by atoms with van der Waals surface area (Å²) in [5, 5.41) is 12.0. The summed E-state index contributed by atoms with van der Waals surface area (Å²) in [6.07, 6.45) is 2.12. The number of anilines is 1. The van der Waals surface area contributed by atoms with Crippen LogP contribution in [0.2, 0.25) is 0 Å². The highest BCUT2D eigenvalue weighted by Crippen LogP contribution is 2.33. The van der Waals surface area contributed by atoms with E-state index in [0.29, 0.717) is 17.9 Å². The lowest BCUT2D eigenvalue weighted by atomic mass is 9.96. The van der Waals surface area contributed by atoms with Crippen molar-refractivity contribution in [1.82, 2.24) is 14.5 Å². The van der Waals surface area contributed by atoms with Crippen molar-refractivity contribution in [2.75, 3.05) is 17.2 Å². The molecule has 8 heteroatoms. The second-order valence-electron chi connectivity index (χ2n) is 7.45. The first-order valence-electron chi connectivity index (χ1n) is 9.28. The Morgan fingerprint density at radius 2 is 1.93 bits per heavy atom. The van der Waals surface area contributed by atoms with Crippen LogP contribution in [0.5, 0.6) is 0 Å². The summed E-state index contributed by atoms with van der Waals surface area (Å²) < 4.78 is 25.6. The van der Waals surface area contributed by atoms with E-state index in [9.17, 15) is 13.5 Å². The first-order chi connectivity index (χ1) is 12.8. The first-order valence-corrected chi connectivity index (χ1v) is 11.1. The van der Waals surface area contributed by atoms with Gasteiger partial charge in [0, 0.05) is 11.8 Å². The van der Waals surface area contributed by atoms with Crippen LogP contribution in [0, 0.1) is 0 Å². The van der Waals surface area contributed by atoms with Crippen LogP contribution in [0.3, 0.4) is 0 Å². The highest BCUT2D eigenvalue weighted by molar-refractivity contribution is 7.91. The van der Waals surface area contributed by atoms with Gasteiger partial charge in [0.2, 0.25) is 0 Å². The van der Waals surface area contributed by atoms with Gasteiger partial charge in [0.1, 0.15) is 11.3 Å². The number of nitrogen functional groups attached to an aromatic ring is 1. The van der Waals surface area contributed by atoms with E-state index in [0.717, 1.165) is 35.1 Å². The third kappa shape index (κ3) is 3.27. The maximum absolute atomic E-state index is 11.8. The van der Waals surface area contributed by atoms with Crippen LogP contribution in [0.15, 0.2) is 24.3 Å². The fourth-order valence-corrected chi connectivity index (χ4v) is 5.45. The first kappa shape index (κ1) is 18.2. The van der Waals surface area contributed by atoms with E-state index < -0.39 is 15.4 Å². The fraction of sp³-hybridized carbons (Fsp3) is 0.474. The molecule has 0 atom stereocenters. The smallest absolute Gasteiger partial charge is 0.152 e. The van der Waals surface area contributed by atoms with E-state index in [-0.39, 0.29) is 24.3 Å². The Labute approximate surface area is 158 Å². The van der Waals surface area contributed by atoms with Gasteiger partial charge in [-0.05, 0) is 25.3 Å². The number of hydrogen-bond acceptors (Lipinski definition) is 6. The van der Waals surface area contributed by atoms with E-state index in [1.807, 2.05) is 28.8 Å². The number of aliphatic hydroxyl groups is 1. The number of nitrogens with two attached hydrogens (primary N) is 1. The SMILES string of the molecule is CCCc1nc2c(N)nc3ccccc3c2n1CC1(O)CCS(=O)(=O)CC1. The Balaban J connectivity index is 1.89. The number of para-hydroxylation sites is 1. The summed E-state index contributed by atoms with van der Waals surface area (Å²) >= 11 is 0. The second kappa shape index (κ2) is 6.45. The van der Waals surface area contributed by atoms with Crippen molar-refractivity contribution in [3.05, 3.63) is 30.1 Å². The predicted octanol–water partition coefficient (Wildman–Crippen LogP) is 2.06. The number of rotatable bonds is 4. The van der Waals surface area contributed by atoms with E-state index in [2.05, 4.69) is 11.9 Å². The highest BCUT2D eigenvalue weighted by Gasteiger charge is 2.36. The lowest BCUT2D eigenvalue weighted by Crippen LogP contribution is -2.42. The normalized spacial score (nSPS) is 18.9. The van der Waals surface area contributed by atoms with Gasteiger partial charge in [0.15, 0.2) is 15.7 Å². The predicted molar refractivity (Wildman–Crippen MR) is 106 cm³/mol. The minimum absolute atomic E-state index is 0.0175. The van der Waals surface area contributed by atoms with Crippen LogP contribution in [0.25, 0.3) is 21.9 Å². The van der Waals surface area contributed by atoms with Crippen molar-refractivity contribution >= 4 is 37.6 Å². The molecular weight excluding hydrogens is 364 g/mol. The van der Waals surface area contributed by atoms with Crippen molar-refractivity contribution in [3.63, 3.8) is 0 Å². The monoisotopic (exact) mass is 388 g/mol. The van der Waals surface area contributed by atoms with Gasteiger partial charge in [-0.2, -0.15) is 0 Å². The molecule has 7 nitrogen and oxygen atoms in total. The van der Waals surface area contributed by atoms with E-state index in [1.54, 1.807) is 0 Å². The lowest BCUT2D eigenvalue weighted by molar-refractivity contribution is 0.0136. The lowest BCUT2D eigenvalue weighted by Gasteiger charge is -2.33. The average molecular weight is 388 g/mol. The van der Waals surface area contributed by atoms with Crippen LogP contribution < -0.4 is 5.73 Å². The number of imidazole rings is 1. The molecule has 0 amide bonds. The molecule has 0 aliphatic carbocycles. The molecule has 1 aromatic carbocycles. The molecule has 0 saturated carbocycles. The van der Waals surface area contributed by atoms with E-state index >= 15 is 0 Å². The fourth-order valence-electron chi connectivity index (χ4n) is 3.86. The number of sulfone groups is 1. The molecule has 2 aromatic heterocycles. The topological polar surface area (TPSA) is 111 Å². The zero-order chi connectivity index (χ0) is 19.2. The van der Waals surface area contributed by atoms with Gasteiger partial charge in [0.05, 0.1) is 34.7 Å². The number of benzene rings is 1. The summed E-state index contributed by atoms with van der Waals surface area (Å²) in [6.45, 7) is 2.38. The molecule has 0 spiro atoms. The Kier molecular flexibility index (Phi) is 4.35. The van der Waals surface area contributed by atoms with Crippen molar-refractivity contribution in [2.24, 2.45) is 0 Å². The molecule has 4 rings (SSSR count). The zero-order valence-electron chi connectivity index (χ0n) is 15.4. The Morgan fingerprint density at radius 1 is 1.22 bits per heavy atom. The van der Waals surface area contributed by atoms with Gasteiger partial charge >= 0.3 is 0 Å². The molecule has 0 unspecified atom stereocenters. The van der Waals surface area contributed by atoms with Gasteiger partial charge in [-0.25, -0.2) is 18.4 Å². The standard InChI is InChI=1S/C19H24N4O3S/c1-2-5-15-22-16-17(13-6-3-4-7-14(13)21-18(16)20)23(15)12-19(24)8-10-27(25,26)11-9-19/h3-4,6-7,24H,2,5,8-12H2,1H3,(H2,20,21). The average Bonchev–Trinajstić information content (AvgIpc) is 2.98. The van der Waals surface area contributed by atoms with E-state index in [4.69, 9.17) is 10.7 Å². The molecule has 27 heavy (non-hydrogen) atoms. The molecule has 144 valence electrons. The number of nitrogens with zero attached hydrogens (tertiary/aromatic N) is 3. The number of aromatic nitrogens is 3. The van der Waals surface area contributed by atoms with Crippen LogP contribution >= 0.6 is 0 Å². The summed E-state index contributed by atoms with van der Waals surface area (Å²) in [6, 6.07) is 7.74. The third-order valence-corrected chi connectivity index (χ3v) is 7.02. The van der Waals surface area contributed by atoms with Crippen molar-refractivity contribution in [2.45, 2.75) is 44.8 Å².